The molecular weight excluding hydrogens is 184 g/mol. The number of nitrogens with zero attached hydrogens (tertiary/aromatic N) is 1. The van der Waals surface area contributed by atoms with E-state index in [0.29, 0.717) is 6.42 Å². The molecule has 5 heteroatoms. The van der Waals surface area contributed by atoms with Gasteiger partial charge in [0, 0.05) is 19.5 Å². The molecule has 0 rings (SSSR count). The summed E-state index contributed by atoms with van der Waals surface area (Å²) in [6, 6.07) is -0.988. The van der Waals surface area contributed by atoms with Crippen LogP contribution in [0.3, 0.4) is 0 Å². The predicted octanol–water partition coefficient (Wildman–Crippen LogP) is 0.0453. The van der Waals surface area contributed by atoms with E-state index in [9.17, 15) is 9.59 Å². The molecule has 0 fully saturated rings. The van der Waals surface area contributed by atoms with Crippen molar-refractivity contribution in [1.82, 2.24) is 4.90 Å². The van der Waals surface area contributed by atoms with Crippen LogP contribution in [-0.4, -0.2) is 41.0 Å². The second-order valence-electron chi connectivity index (χ2n) is 3.45. The van der Waals surface area contributed by atoms with Gasteiger partial charge >= 0.3 is 5.97 Å². The molecule has 14 heavy (non-hydrogen) atoms. The number of carboxylic acid groups (broad SMARTS) is 1. The lowest BCUT2D eigenvalue weighted by atomic mass is 10.1. The van der Waals surface area contributed by atoms with Gasteiger partial charge in [0.25, 0.3) is 0 Å². The molecule has 0 aliphatic rings. The molecule has 0 heterocycles. The van der Waals surface area contributed by atoms with Crippen LogP contribution in [0.4, 0.5) is 0 Å². The third-order valence-corrected chi connectivity index (χ3v) is 2.03. The van der Waals surface area contributed by atoms with Crippen molar-refractivity contribution >= 4 is 11.9 Å². The summed E-state index contributed by atoms with van der Waals surface area (Å²) in [5.74, 6) is -1.21. The average molecular weight is 202 g/mol. The number of carbonyl (C=O) groups is 2. The van der Waals surface area contributed by atoms with Crippen molar-refractivity contribution in [1.29, 1.82) is 0 Å². The number of amides is 1. The Hall–Kier alpha value is -1.10. The lowest BCUT2D eigenvalue weighted by molar-refractivity contribution is -0.149. The Bertz CT molecular complexity index is 216. The van der Waals surface area contributed by atoms with Crippen molar-refractivity contribution in [3.8, 4) is 0 Å². The molecule has 2 unspecified atom stereocenters. The summed E-state index contributed by atoms with van der Waals surface area (Å²) in [6.07, 6.45) is 0.580. The van der Waals surface area contributed by atoms with E-state index in [1.807, 2.05) is 0 Å². The van der Waals surface area contributed by atoms with Gasteiger partial charge in [0.2, 0.25) is 5.91 Å². The van der Waals surface area contributed by atoms with Crippen LogP contribution in [0.1, 0.15) is 26.7 Å². The van der Waals surface area contributed by atoms with Gasteiger partial charge in [0.1, 0.15) is 6.04 Å². The second-order valence-corrected chi connectivity index (χ2v) is 3.45. The first-order valence-corrected chi connectivity index (χ1v) is 4.64. The van der Waals surface area contributed by atoms with E-state index in [4.69, 9.17) is 10.8 Å². The molecule has 0 saturated carbocycles. The van der Waals surface area contributed by atoms with Gasteiger partial charge < -0.3 is 15.7 Å². The molecule has 0 bridgehead atoms. The summed E-state index contributed by atoms with van der Waals surface area (Å²) in [4.78, 5) is 23.4. The summed E-state index contributed by atoms with van der Waals surface area (Å²) < 4.78 is 0. The van der Waals surface area contributed by atoms with Crippen LogP contribution in [0.2, 0.25) is 0 Å². The Morgan fingerprint density at radius 2 is 2.00 bits per heavy atom. The lowest BCUT2D eigenvalue weighted by Gasteiger charge is -2.24. The summed E-state index contributed by atoms with van der Waals surface area (Å²) in [5, 5.41) is 8.80. The van der Waals surface area contributed by atoms with Crippen molar-refractivity contribution in [2.75, 3.05) is 7.05 Å². The Kier molecular flexibility index (Phi) is 5.15. The summed E-state index contributed by atoms with van der Waals surface area (Å²) >= 11 is 0. The van der Waals surface area contributed by atoms with Gasteiger partial charge in [-0.3, -0.25) is 4.79 Å². The molecule has 0 aliphatic heterocycles. The van der Waals surface area contributed by atoms with Crippen molar-refractivity contribution < 1.29 is 14.7 Å². The fraction of sp³-hybridized carbons (Fsp3) is 0.778. The molecule has 0 saturated heterocycles. The van der Waals surface area contributed by atoms with Gasteiger partial charge in [-0.05, 0) is 13.3 Å². The van der Waals surface area contributed by atoms with E-state index in [2.05, 4.69) is 0 Å². The zero-order valence-corrected chi connectivity index (χ0v) is 8.86. The topological polar surface area (TPSA) is 83.6 Å². The minimum Gasteiger partial charge on any atom is -0.480 e. The molecule has 0 aliphatic carbocycles. The SMILES string of the molecule is CCC(C(=O)O)N(C)C(=O)CC(C)N. The quantitative estimate of drug-likeness (QED) is 0.659. The number of likely N-dealkylation sites (N-methyl/N-ethyl adjacent to an activating group) is 1. The van der Waals surface area contributed by atoms with Crippen LogP contribution >= 0.6 is 0 Å². The van der Waals surface area contributed by atoms with Crippen LogP contribution < -0.4 is 5.73 Å². The fourth-order valence-corrected chi connectivity index (χ4v) is 1.21. The highest BCUT2D eigenvalue weighted by molar-refractivity contribution is 5.83. The molecule has 0 aromatic carbocycles. The smallest absolute Gasteiger partial charge is 0.326 e. The summed E-state index contributed by atoms with van der Waals surface area (Å²) in [6.45, 7) is 3.45. The first-order chi connectivity index (χ1) is 6.40. The Balaban J connectivity index is 4.34. The van der Waals surface area contributed by atoms with Crippen LogP contribution in [0.5, 0.6) is 0 Å². The normalized spacial score (nSPS) is 14.6. The molecule has 3 N–H and O–H groups in total. The van der Waals surface area contributed by atoms with Crippen LogP contribution in [0.15, 0.2) is 0 Å². The molecular formula is C9H18N2O3. The maximum absolute atomic E-state index is 11.4. The number of carbonyl (C=O) groups excluding carboxylic acids is 1. The van der Waals surface area contributed by atoms with Crippen molar-refractivity contribution in [3.05, 3.63) is 0 Å². The highest BCUT2D eigenvalue weighted by Crippen LogP contribution is 2.05. The van der Waals surface area contributed by atoms with Crippen LogP contribution in [0, 0.1) is 0 Å². The van der Waals surface area contributed by atoms with E-state index in [1.165, 1.54) is 11.9 Å². The van der Waals surface area contributed by atoms with Crippen LogP contribution in [0.25, 0.3) is 0 Å². The van der Waals surface area contributed by atoms with E-state index in [1.54, 1.807) is 13.8 Å². The third-order valence-electron chi connectivity index (χ3n) is 2.03. The highest BCUT2D eigenvalue weighted by atomic mass is 16.4. The molecule has 82 valence electrons. The van der Waals surface area contributed by atoms with Crippen molar-refractivity contribution in [2.24, 2.45) is 5.73 Å². The second kappa shape index (κ2) is 5.59. The zero-order chi connectivity index (χ0) is 11.3. The largest absolute Gasteiger partial charge is 0.480 e. The first-order valence-electron chi connectivity index (χ1n) is 4.64. The molecule has 0 spiro atoms. The van der Waals surface area contributed by atoms with Crippen LogP contribution in [-0.2, 0) is 9.59 Å². The van der Waals surface area contributed by atoms with Gasteiger partial charge in [0.15, 0.2) is 0 Å². The molecule has 2 atom stereocenters. The van der Waals surface area contributed by atoms with E-state index in [0.717, 1.165) is 0 Å². The number of aliphatic carboxylic acids is 1. The number of rotatable bonds is 5. The fourth-order valence-electron chi connectivity index (χ4n) is 1.21. The van der Waals surface area contributed by atoms with Gasteiger partial charge in [0.05, 0.1) is 0 Å². The predicted molar refractivity (Wildman–Crippen MR) is 52.8 cm³/mol. The highest BCUT2D eigenvalue weighted by Gasteiger charge is 2.24. The van der Waals surface area contributed by atoms with Gasteiger partial charge in [-0.25, -0.2) is 4.79 Å². The molecule has 5 nitrogen and oxygen atoms in total. The number of hydrogen-bond donors (Lipinski definition) is 2. The van der Waals surface area contributed by atoms with E-state index >= 15 is 0 Å². The Labute approximate surface area is 83.9 Å². The molecule has 0 aromatic rings. The van der Waals surface area contributed by atoms with E-state index < -0.39 is 12.0 Å². The zero-order valence-electron chi connectivity index (χ0n) is 8.86. The number of hydrogen-bond acceptors (Lipinski definition) is 3. The molecule has 1 amide bonds. The number of carboxylic acids is 1. The minimum absolute atomic E-state index is 0.181. The maximum Gasteiger partial charge on any atom is 0.326 e. The number of nitrogens with two attached hydrogens (primary N) is 1. The average Bonchev–Trinajstić information content (AvgIpc) is 2.03. The summed E-state index contributed by atoms with van der Waals surface area (Å²) in [7, 11) is 1.49. The maximum atomic E-state index is 11.4. The van der Waals surface area contributed by atoms with Gasteiger partial charge in [-0.15, -0.1) is 0 Å². The van der Waals surface area contributed by atoms with E-state index in [-0.39, 0.29) is 18.4 Å². The molecule has 0 aromatic heterocycles. The molecule has 0 radical (unpaired) electrons. The first kappa shape index (κ1) is 12.9. The Morgan fingerprint density at radius 3 is 2.29 bits per heavy atom. The third kappa shape index (κ3) is 3.74. The van der Waals surface area contributed by atoms with Crippen molar-refractivity contribution in [3.63, 3.8) is 0 Å². The minimum atomic E-state index is -0.979. The lowest BCUT2D eigenvalue weighted by Crippen LogP contribution is -2.43. The van der Waals surface area contributed by atoms with Gasteiger partial charge in [-0.2, -0.15) is 0 Å². The Morgan fingerprint density at radius 1 is 1.50 bits per heavy atom. The standard InChI is InChI=1S/C9H18N2O3/c1-4-7(9(13)14)11(3)8(12)5-6(2)10/h6-7H,4-5,10H2,1-3H3,(H,13,14). The van der Waals surface area contributed by atoms with Crippen molar-refractivity contribution in [2.45, 2.75) is 38.8 Å². The monoisotopic (exact) mass is 202 g/mol. The van der Waals surface area contributed by atoms with Gasteiger partial charge in [-0.1, -0.05) is 6.92 Å². The summed E-state index contributed by atoms with van der Waals surface area (Å²) in [5.41, 5.74) is 5.45.